The average molecular weight is 428 g/mol. The van der Waals surface area contributed by atoms with Gasteiger partial charge in [0, 0.05) is 31.8 Å². The minimum absolute atomic E-state index is 0.0870. The van der Waals surface area contributed by atoms with E-state index >= 15 is 0 Å². The van der Waals surface area contributed by atoms with E-state index < -0.39 is 5.54 Å². The molecule has 4 rings (SSSR count). The lowest BCUT2D eigenvalue weighted by Gasteiger charge is -2.33. The second kappa shape index (κ2) is 9.39. The van der Waals surface area contributed by atoms with Gasteiger partial charge in [-0.1, -0.05) is 50.1 Å². The summed E-state index contributed by atoms with van der Waals surface area (Å²) < 4.78 is 0. The molecule has 2 N–H and O–H groups in total. The second-order valence-electron chi connectivity index (χ2n) is 9.21. The highest BCUT2D eigenvalue weighted by Crippen LogP contribution is 2.31. The Morgan fingerprint density at radius 3 is 2.32 bits per heavy atom. The molecule has 0 aliphatic carbocycles. The highest BCUT2D eigenvalue weighted by Gasteiger charge is 2.52. The zero-order valence-electron chi connectivity index (χ0n) is 18.6. The largest absolute Gasteiger partial charge is 0.342 e. The minimum atomic E-state index is -0.973. The normalized spacial score (nSPS) is 29.6. The van der Waals surface area contributed by atoms with Gasteiger partial charge >= 0.3 is 6.03 Å². The summed E-state index contributed by atoms with van der Waals surface area (Å²) in [6.07, 6.45) is 6.84. The SMILES string of the molecule is CC[C@]1(c2ccccc2)NC(=O)N(C[NH+]2CCC(C(=O)N3CCCCCC3)CC2)C1=O. The molecular weight excluding hydrogens is 392 g/mol. The van der Waals surface area contributed by atoms with Crippen LogP contribution in [0.25, 0.3) is 0 Å². The Morgan fingerprint density at radius 1 is 1.06 bits per heavy atom. The molecule has 0 spiro atoms. The zero-order chi connectivity index (χ0) is 21.8. The molecule has 4 amide bonds. The van der Waals surface area contributed by atoms with Crippen LogP contribution in [0.15, 0.2) is 30.3 Å². The van der Waals surface area contributed by atoms with Gasteiger partial charge < -0.3 is 15.1 Å². The first kappa shape index (κ1) is 21.8. The van der Waals surface area contributed by atoms with E-state index in [4.69, 9.17) is 0 Å². The number of rotatable bonds is 5. The van der Waals surface area contributed by atoms with Crippen molar-refractivity contribution in [2.24, 2.45) is 5.92 Å². The molecule has 3 fully saturated rings. The summed E-state index contributed by atoms with van der Waals surface area (Å²) in [5.41, 5.74) is -0.145. The Kier molecular flexibility index (Phi) is 6.60. The standard InChI is InChI=1S/C24H34N4O3/c1-2-24(20-10-6-5-7-11-20)22(30)28(23(31)25-24)18-26-16-12-19(13-17-26)21(29)27-14-8-3-4-9-15-27/h5-7,10-11,19H,2-4,8-9,12-18H2,1H3,(H,25,31)/p+1/t24-/m1/s1. The fourth-order valence-electron chi connectivity index (χ4n) is 5.34. The summed E-state index contributed by atoms with van der Waals surface area (Å²) in [5, 5.41) is 2.96. The van der Waals surface area contributed by atoms with Gasteiger partial charge in [0.15, 0.2) is 6.67 Å². The second-order valence-corrected chi connectivity index (χ2v) is 9.21. The number of hydrogen-bond donors (Lipinski definition) is 2. The number of imide groups is 1. The molecule has 31 heavy (non-hydrogen) atoms. The molecule has 168 valence electrons. The maximum atomic E-state index is 13.3. The molecule has 0 unspecified atom stereocenters. The van der Waals surface area contributed by atoms with Gasteiger partial charge in [-0.25, -0.2) is 9.69 Å². The van der Waals surface area contributed by atoms with Gasteiger partial charge in [0.2, 0.25) is 5.91 Å². The molecule has 1 aromatic rings. The molecule has 0 aromatic heterocycles. The predicted molar refractivity (Wildman–Crippen MR) is 117 cm³/mol. The molecule has 3 aliphatic rings. The van der Waals surface area contributed by atoms with Crippen molar-refractivity contribution < 1.29 is 19.3 Å². The maximum absolute atomic E-state index is 13.3. The third-order valence-corrected chi connectivity index (χ3v) is 7.31. The summed E-state index contributed by atoms with van der Waals surface area (Å²) in [7, 11) is 0. The molecular formula is C24H35N4O3+. The van der Waals surface area contributed by atoms with Gasteiger partial charge in [-0.3, -0.25) is 9.59 Å². The summed E-state index contributed by atoms with van der Waals surface area (Å²) >= 11 is 0. The fraction of sp³-hybridized carbons (Fsp3) is 0.625. The molecule has 1 atom stereocenters. The van der Waals surface area contributed by atoms with Gasteiger partial charge in [0.05, 0.1) is 13.1 Å². The van der Waals surface area contributed by atoms with Gasteiger partial charge in [-0.2, -0.15) is 0 Å². The summed E-state index contributed by atoms with van der Waals surface area (Å²) in [6, 6.07) is 9.19. The number of urea groups is 1. The average Bonchev–Trinajstić information content (AvgIpc) is 2.99. The lowest BCUT2D eigenvalue weighted by atomic mass is 9.87. The number of nitrogens with zero attached hydrogens (tertiary/aromatic N) is 2. The van der Waals surface area contributed by atoms with E-state index in [0.29, 0.717) is 19.0 Å². The van der Waals surface area contributed by atoms with E-state index in [9.17, 15) is 14.4 Å². The van der Waals surface area contributed by atoms with Crippen LogP contribution < -0.4 is 10.2 Å². The highest BCUT2D eigenvalue weighted by molar-refractivity contribution is 6.07. The van der Waals surface area contributed by atoms with Crippen LogP contribution in [0, 0.1) is 5.92 Å². The Labute approximate surface area is 184 Å². The number of nitrogens with one attached hydrogen (secondary N) is 2. The lowest BCUT2D eigenvalue weighted by molar-refractivity contribution is -0.912. The van der Waals surface area contributed by atoms with Crippen LogP contribution in [-0.2, 0) is 15.1 Å². The van der Waals surface area contributed by atoms with Crippen molar-refractivity contribution in [3.8, 4) is 0 Å². The molecule has 3 aliphatic heterocycles. The molecule has 1 aromatic carbocycles. The van der Waals surface area contributed by atoms with Crippen molar-refractivity contribution >= 4 is 17.8 Å². The Morgan fingerprint density at radius 2 is 1.71 bits per heavy atom. The number of likely N-dealkylation sites (tertiary alicyclic amines) is 2. The number of benzene rings is 1. The van der Waals surface area contributed by atoms with Gasteiger partial charge in [-0.15, -0.1) is 0 Å². The Balaban J connectivity index is 1.36. The van der Waals surface area contributed by atoms with Crippen LogP contribution in [0.1, 0.15) is 57.4 Å². The topological polar surface area (TPSA) is 74.2 Å². The van der Waals surface area contributed by atoms with E-state index in [1.807, 2.05) is 37.3 Å². The summed E-state index contributed by atoms with van der Waals surface area (Å²) in [5.74, 6) is 0.232. The van der Waals surface area contributed by atoms with Crippen molar-refractivity contribution in [3.05, 3.63) is 35.9 Å². The smallest absolute Gasteiger partial charge is 0.329 e. The zero-order valence-corrected chi connectivity index (χ0v) is 18.6. The quantitative estimate of drug-likeness (QED) is 0.700. The molecule has 7 nitrogen and oxygen atoms in total. The van der Waals surface area contributed by atoms with E-state index in [1.54, 1.807) is 0 Å². The lowest BCUT2D eigenvalue weighted by Crippen LogP contribution is -3.14. The molecule has 3 heterocycles. The third-order valence-electron chi connectivity index (χ3n) is 7.31. The van der Waals surface area contributed by atoms with Crippen molar-refractivity contribution in [3.63, 3.8) is 0 Å². The van der Waals surface area contributed by atoms with E-state index in [2.05, 4.69) is 10.2 Å². The van der Waals surface area contributed by atoms with E-state index in [0.717, 1.165) is 57.4 Å². The van der Waals surface area contributed by atoms with Crippen LogP contribution in [0.5, 0.6) is 0 Å². The van der Waals surface area contributed by atoms with E-state index in [-0.39, 0.29) is 17.9 Å². The number of amides is 4. The van der Waals surface area contributed by atoms with Gasteiger partial charge in [-0.05, 0) is 24.8 Å². The third kappa shape index (κ3) is 4.33. The molecule has 3 saturated heterocycles. The number of piperidine rings is 1. The number of carbonyl (C=O) groups is 3. The fourth-order valence-corrected chi connectivity index (χ4v) is 5.34. The number of hydrogen-bond acceptors (Lipinski definition) is 3. The van der Waals surface area contributed by atoms with Crippen molar-refractivity contribution in [1.82, 2.24) is 15.1 Å². The Hall–Kier alpha value is -2.41. The predicted octanol–water partition coefficient (Wildman–Crippen LogP) is 1.50. The monoisotopic (exact) mass is 427 g/mol. The first-order chi connectivity index (χ1) is 15.0. The van der Waals surface area contributed by atoms with Crippen LogP contribution in [0.2, 0.25) is 0 Å². The van der Waals surface area contributed by atoms with Crippen LogP contribution >= 0.6 is 0 Å². The summed E-state index contributed by atoms with van der Waals surface area (Å²) in [6.45, 7) is 5.71. The molecule has 0 radical (unpaired) electrons. The molecule has 0 bridgehead atoms. The van der Waals surface area contributed by atoms with Crippen molar-refractivity contribution in [2.45, 2.75) is 57.4 Å². The Bertz CT molecular complexity index is 798. The first-order valence-electron chi connectivity index (χ1n) is 11.9. The van der Waals surface area contributed by atoms with Crippen LogP contribution in [0.3, 0.4) is 0 Å². The van der Waals surface area contributed by atoms with Gasteiger partial charge in [0.25, 0.3) is 5.91 Å². The van der Waals surface area contributed by atoms with Crippen molar-refractivity contribution in [1.29, 1.82) is 0 Å². The van der Waals surface area contributed by atoms with Gasteiger partial charge in [0.1, 0.15) is 5.54 Å². The molecule has 7 heteroatoms. The maximum Gasteiger partial charge on any atom is 0.329 e. The number of carbonyl (C=O) groups excluding carboxylic acids is 3. The van der Waals surface area contributed by atoms with Crippen LogP contribution in [-0.4, -0.2) is 60.5 Å². The van der Waals surface area contributed by atoms with E-state index in [1.165, 1.54) is 22.6 Å². The summed E-state index contributed by atoms with van der Waals surface area (Å²) in [4.78, 5) is 43.6. The molecule has 0 saturated carbocycles. The van der Waals surface area contributed by atoms with Crippen LogP contribution in [0.4, 0.5) is 4.79 Å². The first-order valence-corrected chi connectivity index (χ1v) is 11.9. The minimum Gasteiger partial charge on any atom is -0.342 e. The highest BCUT2D eigenvalue weighted by atomic mass is 16.2. The number of quaternary nitrogens is 1. The van der Waals surface area contributed by atoms with Crippen molar-refractivity contribution in [2.75, 3.05) is 32.8 Å².